The molecular formula is C12H18N2O2S. The number of piperazine rings is 1. The Kier molecular flexibility index (Phi) is 3.69. The number of ether oxygens (including phenoxy) is 1. The summed E-state index contributed by atoms with van der Waals surface area (Å²) in [6.45, 7) is 5.74. The van der Waals surface area contributed by atoms with Crippen LogP contribution < -0.4 is 10.1 Å². The molecule has 1 aromatic rings. The fraction of sp³-hybridized carbons (Fsp3) is 0.583. The van der Waals surface area contributed by atoms with E-state index in [-0.39, 0.29) is 5.91 Å². The lowest BCUT2D eigenvalue weighted by Crippen LogP contribution is -2.55. The summed E-state index contributed by atoms with van der Waals surface area (Å²) in [5.74, 6) is 0.869. The SMILES string of the molecule is COc1csc(C(=O)N2C[C@H](C)N[C@@H](C)C2)c1. The summed E-state index contributed by atoms with van der Waals surface area (Å²) < 4.78 is 5.10. The number of amides is 1. The van der Waals surface area contributed by atoms with Gasteiger partial charge in [0, 0.05) is 36.6 Å². The van der Waals surface area contributed by atoms with Crippen molar-refractivity contribution in [1.29, 1.82) is 0 Å². The number of thiophene rings is 1. The summed E-state index contributed by atoms with van der Waals surface area (Å²) in [5.41, 5.74) is 0. The van der Waals surface area contributed by atoms with Crippen molar-refractivity contribution >= 4 is 17.2 Å². The average molecular weight is 254 g/mol. The number of carbonyl (C=O) groups is 1. The van der Waals surface area contributed by atoms with E-state index in [9.17, 15) is 4.79 Å². The van der Waals surface area contributed by atoms with E-state index in [0.717, 1.165) is 23.7 Å². The number of nitrogens with zero attached hydrogens (tertiary/aromatic N) is 1. The Hall–Kier alpha value is -1.07. The molecule has 4 nitrogen and oxygen atoms in total. The predicted octanol–water partition coefficient (Wildman–Crippen LogP) is 1.58. The first-order chi connectivity index (χ1) is 8.10. The van der Waals surface area contributed by atoms with Gasteiger partial charge in [0.1, 0.15) is 5.75 Å². The van der Waals surface area contributed by atoms with Crippen molar-refractivity contribution in [2.24, 2.45) is 0 Å². The minimum Gasteiger partial charge on any atom is -0.496 e. The van der Waals surface area contributed by atoms with Crippen LogP contribution in [-0.2, 0) is 0 Å². The fourth-order valence-corrected chi connectivity index (χ4v) is 3.01. The molecule has 0 unspecified atom stereocenters. The minimum atomic E-state index is 0.110. The number of rotatable bonds is 2. The Bertz CT molecular complexity index is 395. The van der Waals surface area contributed by atoms with Crippen LogP contribution in [0.1, 0.15) is 23.5 Å². The largest absolute Gasteiger partial charge is 0.496 e. The normalized spacial score (nSPS) is 24.8. The van der Waals surface area contributed by atoms with Crippen molar-refractivity contribution in [2.75, 3.05) is 20.2 Å². The summed E-state index contributed by atoms with van der Waals surface area (Å²) in [6.07, 6.45) is 0. The first-order valence-corrected chi connectivity index (χ1v) is 6.66. The molecule has 2 atom stereocenters. The molecule has 0 bridgehead atoms. The molecule has 0 saturated carbocycles. The highest BCUT2D eigenvalue weighted by Gasteiger charge is 2.26. The summed E-state index contributed by atoms with van der Waals surface area (Å²) in [4.78, 5) is 14.9. The molecule has 2 heterocycles. The lowest BCUT2D eigenvalue weighted by atomic mass is 10.1. The molecule has 1 fully saturated rings. The zero-order valence-electron chi connectivity index (χ0n) is 10.4. The maximum atomic E-state index is 12.3. The van der Waals surface area contributed by atoms with Crippen molar-refractivity contribution in [3.05, 3.63) is 16.3 Å². The zero-order chi connectivity index (χ0) is 12.4. The molecule has 1 N–H and O–H groups in total. The van der Waals surface area contributed by atoms with Crippen LogP contribution in [0.4, 0.5) is 0 Å². The van der Waals surface area contributed by atoms with Gasteiger partial charge in [-0.1, -0.05) is 0 Å². The van der Waals surface area contributed by atoms with Gasteiger partial charge in [0.15, 0.2) is 0 Å². The number of hydrogen-bond acceptors (Lipinski definition) is 4. The van der Waals surface area contributed by atoms with E-state index in [0.29, 0.717) is 12.1 Å². The van der Waals surface area contributed by atoms with Crippen molar-refractivity contribution in [3.8, 4) is 5.75 Å². The van der Waals surface area contributed by atoms with E-state index in [4.69, 9.17) is 4.74 Å². The molecule has 2 rings (SSSR count). The zero-order valence-corrected chi connectivity index (χ0v) is 11.2. The molecule has 1 amide bonds. The molecule has 1 aliphatic heterocycles. The third-order valence-electron chi connectivity index (χ3n) is 2.87. The van der Waals surface area contributed by atoms with Gasteiger partial charge in [0.25, 0.3) is 5.91 Å². The number of hydrogen-bond donors (Lipinski definition) is 1. The topological polar surface area (TPSA) is 41.6 Å². The van der Waals surface area contributed by atoms with Gasteiger partial charge < -0.3 is 15.0 Å². The number of methoxy groups -OCH3 is 1. The highest BCUT2D eigenvalue weighted by Crippen LogP contribution is 2.23. The van der Waals surface area contributed by atoms with Gasteiger partial charge in [-0.25, -0.2) is 0 Å². The van der Waals surface area contributed by atoms with Crippen molar-refractivity contribution < 1.29 is 9.53 Å². The van der Waals surface area contributed by atoms with Crippen molar-refractivity contribution in [3.63, 3.8) is 0 Å². The van der Waals surface area contributed by atoms with E-state index < -0.39 is 0 Å². The van der Waals surface area contributed by atoms with E-state index in [2.05, 4.69) is 19.2 Å². The monoisotopic (exact) mass is 254 g/mol. The average Bonchev–Trinajstić information content (AvgIpc) is 2.75. The Morgan fingerprint density at radius 3 is 2.65 bits per heavy atom. The van der Waals surface area contributed by atoms with E-state index in [1.807, 2.05) is 16.3 Å². The Labute approximate surface area is 106 Å². The highest BCUT2D eigenvalue weighted by atomic mass is 32.1. The summed E-state index contributed by atoms with van der Waals surface area (Å²) >= 11 is 1.44. The van der Waals surface area contributed by atoms with Gasteiger partial charge in [-0.2, -0.15) is 0 Å². The molecule has 0 radical (unpaired) electrons. The molecule has 17 heavy (non-hydrogen) atoms. The van der Waals surface area contributed by atoms with Crippen molar-refractivity contribution in [2.45, 2.75) is 25.9 Å². The van der Waals surface area contributed by atoms with Crippen molar-refractivity contribution in [1.82, 2.24) is 10.2 Å². The summed E-state index contributed by atoms with van der Waals surface area (Å²) in [6, 6.07) is 2.51. The quantitative estimate of drug-likeness (QED) is 0.871. The minimum absolute atomic E-state index is 0.110. The Balaban J connectivity index is 2.08. The summed E-state index contributed by atoms with van der Waals surface area (Å²) in [5, 5.41) is 5.28. The Morgan fingerprint density at radius 2 is 2.12 bits per heavy atom. The van der Waals surface area contributed by atoms with Crippen LogP contribution in [0.5, 0.6) is 5.75 Å². The molecule has 0 spiro atoms. The van der Waals surface area contributed by atoms with Gasteiger partial charge in [0.2, 0.25) is 0 Å². The maximum Gasteiger partial charge on any atom is 0.264 e. The molecule has 0 aliphatic carbocycles. The van der Waals surface area contributed by atoms with Gasteiger partial charge in [-0.3, -0.25) is 4.79 Å². The lowest BCUT2D eigenvalue weighted by molar-refractivity contribution is 0.0678. The van der Waals surface area contributed by atoms with Crippen LogP contribution in [0.15, 0.2) is 11.4 Å². The lowest BCUT2D eigenvalue weighted by Gasteiger charge is -2.35. The number of carbonyl (C=O) groups excluding carboxylic acids is 1. The molecule has 0 aromatic carbocycles. The first kappa shape index (κ1) is 12.4. The van der Waals surface area contributed by atoms with Crippen LogP contribution in [0, 0.1) is 0 Å². The second kappa shape index (κ2) is 5.06. The van der Waals surface area contributed by atoms with Crippen LogP contribution in [0.3, 0.4) is 0 Å². The molecule has 5 heteroatoms. The smallest absolute Gasteiger partial charge is 0.264 e. The Morgan fingerprint density at radius 1 is 1.47 bits per heavy atom. The molecule has 1 saturated heterocycles. The third kappa shape index (κ3) is 2.79. The van der Waals surface area contributed by atoms with Crippen LogP contribution in [-0.4, -0.2) is 43.1 Å². The summed E-state index contributed by atoms with van der Waals surface area (Å²) in [7, 11) is 1.62. The second-order valence-corrected chi connectivity index (χ2v) is 5.44. The molecule has 1 aromatic heterocycles. The van der Waals surface area contributed by atoms with Gasteiger partial charge in [-0.15, -0.1) is 11.3 Å². The van der Waals surface area contributed by atoms with Crippen LogP contribution >= 0.6 is 11.3 Å². The standard InChI is InChI=1S/C12H18N2O2S/c1-8-5-14(6-9(2)13-8)12(15)11-4-10(16-3)7-17-11/h4,7-9,13H,5-6H2,1-3H3/t8-,9-/m0/s1. The van der Waals surface area contributed by atoms with Crippen LogP contribution in [0.2, 0.25) is 0 Å². The molecule has 94 valence electrons. The molecular weight excluding hydrogens is 236 g/mol. The second-order valence-electron chi connectivity index (χ2n) is 4.53. The van der Waals surface area contributed by atoms with E-state index in [1.54, 1.807) is 7.11 Å². The highest BCUT2D eigenvalue weighted by molar-refractivity contribution is 7.12. The fourth-order valence-electron chi connectivity index (χ4n) is 2.19. The van der Waals surface area contributed by atoms with Gasteiger partial charge >= 0.3 is 0 Å². The number of nitrogens with one attached hydrogen (secondary N) is 1. The predicted molar refractivity (Wildman–Crippen MR) is 68.8 cm³/mol. The van der Waals surface area contributed by atoms with Crippen LogP contribution in [0.25, 0.3) is 0 Å². The maximum absolute atomic E-state index is 12.3. The van der Waals surface area contributed by atoms with Gasteiger partial charge in [0.05, 0.1) is 12.0 Å². The van der Waals surface area contributed by atoms with Gasteiger partial charge in [-0.05, 0) is 13.8 Å². The third-order valence-corrected chi connectivity index (χ3v) is 3.76. The molecule has 1 aliphatic rings. The first-order valence-electron chi connectivity index (χ1n) is 5.78. The van der Waals surface area contributed by atoms with E-state index >= 15 is 0 Å². The van der Waals surface area contributed by atoms with E-state index in [1.165, 1.54) is 11.3 Å².